The fraction of sp³-hybridized carbons (Fsp3) is 0.238. The molecule has 140 valence electrons. The van der Waals surface area contributed by atoms with E-state index in [2.05, 4.69) is 0 Å². The number of methoxy groups -OCH3 is 1. The van der Waals surface area contributed by atoms with Crippen LogP contribution in [0.1, 0.15) is 16.7 Å². The Kier molecular flexibility index (Phi) is 5.45. The highest BCUT2D eigenvalue weighted by Gasteiger charge is 2.11. The summed E-state index contributed by atoms with van der Waals surface area (Å²) >= 11 is 0. The van der Waals surface area contributed by atoms with Crippen molar-refractivity contribution in [3.05, 3.63) is 69.6 Å². The van der Waals surface area contributed by atoms with Gasteiger partial charge in [0.25, 0.3) is 0 Å². The largest absolute Gasteiger partial charge is 0.497 e. The first-order chi connectivity index (χ1) is 13.0. The molecule has 3 aromatic rings. The van der Waals surface area contributed by atoms with E-state index < -0.39 is 11.6 Å². The van der Waals surface area contributed by atoms with Crippen LogP contribution in [0.3, 0.4) is 0 Å². The van der Waals surface area contributed by atoms with E-state index in [4.69, 9.17) is 18.6 Å². The van der Waals surface area contributed by atoms with Gasteiger partial charge in [-0.2, -0.15) is 0 Å². The zero-order chi connectivity index (χ0) is 19.4. The standard InChI is InChI=1S/C21H20O6/c1-13-4-7-18(14(2)8-13)25-12-21(23)26-11-15-9-20(22)27-19-10-16(24-3)5-6-17(15)19/h4-10H,11-12H2,1-3H3. The number of esters is 1. The molecule has 0 fully saturated rings. The summed E-state index contributed by atoms with van der Waals surface area (Å²) in [6.07, 6.45) is 0. The predicted molar refractivity (Wildman–Crippen MR) is 100 cm³/mol. The molecule has 0 N–H and O–H groups in total. The normalized spacial score (nSPS) is 10.6. The van der Waals surface area contributed by atoms with Gasteiger partial charge in [-0.25, -0.2) is 9.59 Å². The minimum atomic E-state index is -0.523. The molecule has 0 saturated carbocycles. The van der Waals surface area contributed by atoms with E-state index in [0.29, 0.717) is 28.0 Å². The molecular weight excluding hydrogens is 348 g/mol. The second kappa shape index (κ2) is 7.95. The van der Waals surface area contributed by atoms with Crippen molar-refractivity contribution in [2.24, 2.45) is 0 Å². The van der Waals surface area contributed by atoms with E-state index in [-0.39, 0.29) is 13.2 Å². The summed E-state index contributed by atoms with van der Waals surface area (Å²) in [6.45, 7) is 3.64. The first-order valence-electron chi connectivity index (χ1n) is 8.42. The molecule has 3 rings (SSSR count). The van der Waals surface area contributed by atoms with Gasteiger partial charge in [0.05, 0.1) is 7.11 Å². The molecular formula is C21H20O6. The van der Waals surface area contributed by atoms with Crippen LogP contribution >= 0.6 is 0 Å². The van der Waals surface area contributed by atoms with Crippen LogP contribution < -0.4 is 15.1 Å². The first-order valence-corrected chi connectivity index (χ1v) is 8.42. The minimum absolute atomic E-state index is 0.0521. The fourth-order valence-corrected chi connectivity index (χ4v) is 2.75. The predicted octanol–water partition coefficient (Wildman–Crippen LogP) is 3.54. The Hall–Kier alpha value is -3.28. The Morgan fingerprint density at radius 1 is 1.07 bits per heavy atom. The average Bonchev–Trinajstić information content (AvgIpc) is 2.64. The Bertz CT molecular complexity index is 1030. The summed E-state index contributed by atoms with van der Waals surface area (Å²) in [5, 5.41) is 0.679. The summed E-state index contributed by atoms with van der Waals surface area (Å²) in [6, 6.07) is 12.1. The number of hydrogen-bond acceptors (Lipinski definition) is 6. The van der Waals surface area contributed by atoms with Gasteiger partial charge in [0.15, 0.2) is 6.61 Å². The molecule has 0 aliphatic heterocycles. The third-order valence-corrected chi connectivity index (χ3v) is 4.10. The molecule has 0 spiro atoms. The van der Waals surface area contributed by atoms with Gasteiger partial charge < -0.3 is 18.6 Å². The molecule has 0 aliphatic rings. The van der Waals surface area contributed by atoms with Crippen LogP contribution in [-0.2, 0) is 16.1 Å². The Morgan fingerprint density at radius 3 is 2.63 bits per heavy atom. The quantitative estimate of drug-likeness (QED) is 0.489. The number of aryl methyl sites for hydroxylation is 2. The molecule has 6 heteroatoms. The van der Waals surface area contributed by atoms with Gasteiger partial charge in [-0.3, -0.25) is 0 Å². The van der Waals surface area contributed by atoms with Crippen LogP contribution in [0, 0.1) is 13.8 Å². The fourth-order valence-electron chi connectivity index (χ4n) is 2.75. The number of ether oxygens (including phenoxy) is 3. The highest BCUT2D eigenvalue weighted by atomic mass is 16.6. The lowest BCUT2D eigenvalue weighted by Crippen LogP contribution is -2.15. The summed E-state index contributed by atoms with van der Waals surface area (Å²) in [4.78, 5) is 23.8. The van der Waals surface area contributed by atoms with Crippen molar-refractivity contribution in [2.45, 2.75) is 20.5 Å². The van der Waals surface area contributed by atoms with Gasteiger partial charge in [-0.1, -0.05) is 17.7 Å². The number of carbonyl (C=O) groups is 1. The zero-order valence-electron chi connectivity index (χ0n) is 15.4. The number of hydrogen-bond donors (Lipinski definition) is 0. The molecule has 0 bridgehead atoms. The second-order valence-corrected chi connectivity index (χ2v) is 6.17. The van der Waals surface area contributed by atoms with E-state index >= 15 is 0 Å². The maximum atomic E-state index is 12.0. The summed E-state index contributed by atoms with van der Waals surface area (Å²) in [7, 11) is 1.53. The smallest absolute Gasteiger partial charge is 0.344 e. The lowest BCUT2D eigenvalue weighted by molar-refractivity contribution is -0.147. The molecule has 6 nitrogen and oxygen atoms in total. The van der Waals surface area contributed by atoms with Crippen molar-refractivity contribution in [1.82, 2.24) is 0 Å². The van der Waals surface area contributed by atoms with E-state index in [1.165, 1.54) is 13.2 Å². The highest BCUT2D eigenvalue weighted by molar-refractivity contribution is 5.81. The van der Waals surface area contributed by atoms with Crippen molar-refractivity contribution >= 4 is 16.9 Å². The summed E-state index contributed by atoms with van der Waals surface area (Å²) in [5.74, 6) is 0.682. The molecule has 0 radical (unpaired) electrons. The van der Waals surface area contributed by atoms with Crippen molar-refractivity contribution in [3.8, 4) is 11.5 Å². The van der Waals surface area contributed by atoms with Gasteiger partial charge >= 0.3 is 11.6 Å². The van der Waals surface area contributed by atoms with Gasteiger partial charge in [0.2, 0.25) is 0 Å². The molecule has 27 heavy (non-hydrogen) atoms. The van der Waals surface area contributed by atoms with Gasteiger partial charge in [-0.15, -0.1) is 0 Å². The third-order valence-electron chi connectivity index (χ3n) is 4.10. The topological polar surface area (TPSA) is 75.0 Å². The van der Waals surface area contributed by atoms with Crippen LogP contribution in [0.4, 0.5) is 0 Å². The molecule has 0 aliphatic carbocycles. The van der Waals surface area contributed by atoms with Crippen molar-refractivity contribution in [3.63, 3.8) is 0 Å². The average molecular weight is 368 g/mol. The summed E-state index contributed by atoms with van der Waals surface area (Å²) < 4.78 is 21.1. The van der Waals surface area contributed by atoms with Gasteiger partial charge in [0, 0.05) is 23.1 Å². The Labute approximate surface area is 156 Å². The van der Waals surface area contributed by atoms with Crippen LogP contribution in [0.25, 0.3) is 11.0 Å². The van der Waals surface area contributed by atoms with E-state index in [1.807, 2.05) is 32.0 Å². The maximum Gasteiger partial charge on any atom is 0.344 e. The molecule has 0 atom stereocenters. The highest BCUT2D eigenvalue weighted by Crippen LogP contribution is 2.23. The third kappa shape index (κ3) is 4.47. The lowest BCUT2D eigenvalue weighted by atomic mass is 10.1. The van der Waals surface area contributed by atoms with Crippen molar-refractivity contribution in [1.29, 1.82) is 0 Å². The second-order valence-electron chi connectivity index (χ2n) is 6.17. The number of benzene rings is 2. The molecule has 2 aromatic carbocycles. The number of carbonyl (C=O) groups excluding carboxylic acids is 1. The molecule has 1 aromatic heterocycles. The Balaban J connectivity index is 1.67. The van der Waals surface area contributed by atoms with Crippen LogP contribution in [0.2, 0.25) is 0 Å². The zero-order valence-corrected chi connectivity index (χ0v) is 15.4. The number of fused-ring (bicyclic) bond motifs is 1. The molecule has 0 amide bonds. The van der Waals surface area contributed by atoms with Crippen LogP contribution in [0.15, 0.2) is 51.7 Å². The maximum absolute atomic E-state index is 12.0. The van der Waals surface area contributed by atoms with Crippen LogP contribution in [-0.4, -0.2) is 19.7 Å². The number of rotatable bonds is 6. The van der Waals surface area contributed by atoms with Crippen molar-refractivity contribution < 1.29 is 23.4 Å². The van der Waals surface area contributed by atoms with E-state index in [1.54, 1.807) is 18.2 Å². The molecule has 1 heterocycles. The summed E-state index contributed by atoms with van der Waals surface area (Å²) in [5.41, 5.74) is 2.48. The monoisotopic (exact) mass is 368 g/mol. The van der Waals surface area contributed by atoms with Gasteiger partial charge in [0.1, 0.15) is 23.7 Å². The van der Waals surface area contributed by atoms with Crippen molar-refractivity contribution in [2.75, 3.05) is 13.7 Å². The van der Waals surface area contributed by atoms with Crippen LogP contribution in [0.5, 0.6) is 11.5 Å². The Morgan fingerprint density at radius 2 is 1.89 bits per heavy atom. The first kappa shape index (κ1) is 18.5. The van der Waals surface area contributed by atoms with E-state index in [0.717, 1.165) is 11.1 Å². The minimum Gasteiger partial charge on any atom is -0.497 e. The lowest BCUT2D eigenvalue weighted by Gasteiger charge is -2.10. The SMILES string of the molecule is COc1ccc2c(COC(=O)COc3ccc(C)cc3C)cc(=O)oc2c1. The molecule has 0 saturated heterocycles. The van der Waals surface area contributed by atoms with Gasteiger partial charge in [-0.05, 0) is 37.6 Å². The van der Waals surface area contributed by atoms with E-state index in [9.17, 15) is 9.59 Å². The molecule has 0 unspecified atom stereocenters.